The van der Waals surface area contributed by atoms with Crippen molar-refractivity contribution in [1.29, 1.82) is 0 Å². The Morgan fingerprint density at radius 1 is 1.10 bits per heavy atom. The Hall–Kier alpha value is -2.76. The number of aromatic nitrogens is 1. The minimum absolute atomic E-state index is 0.249. The lowest BCUT2D eigenvalue weighted by atomic mass is 10.1. The quantitative estimate of drug-likeness (QED) is 0.369. The average molecular weight is 424 g/mol. The number of hydrogen-bond donors (Lipinski definition) is 2. The number of carbonyl (C=O) groups is 1. The summed E-state index contributed by atoms with van der Waals surface area (Å²) in [5, 5.41) is 9.81. The summed E-state index contributed by atoms with van der Waals surface area (Å²) in [6, 6.07) is 17.8. The number of benzene rings is 2. The molecule has 2 aromatic carbocycles. The van der Waals surface area contributed by atoms with E-state index in [-0.39, 0.29) is 6.03 Å². The Bertz CT molecular complexity index is 1160. The molecule has 0 fully saturated rings. The van der Waals surface area contributed by atoms with Crippen LogP contribution in [0.3, 0.4) is 0 Å². The molecule has 0 radical (unpaired) electrons. The number of thiophene rings is 1. The number of para-hydroxylation sites is 1. The predicted octanol–water partition coefficient (Wildman–Crippen LogP) is 6.67. The highest BCUT2D eigenvalue weighted by atomic mass is 35.5. The van der Waals surface area contributed by atoms with E-state index in [9.17, 15) is 4.79 Å². The van der Waals surface area contributed by atoms with Crippen LogP contribution in [0.2, 0.25) is 5.02 Å². The molecule has 4 nitrogen and oxygen atoms in total. The van der Waals surface area contributed by atoms with E-state index in [0.717, 1.165) is 23.1 Å². The highest BCUT2D eigenvalue weighted by molar-refractivity contribution is 7.13. The van der Waals surface area contributed by atoms with Crippen LogP contribution in [0, 0.1) is 6.92 Å². The summed E-state index contributed by atoms with van der Waals surface area (Å²) >= 11 is 7.87. The van der Waals surface area contributed by atoms with Crippen molar-refractivity contribution >= 4 is 45.6 Å². The Morgan fingerprint density at radius 2 is 1.93 bits per heavy atom. The van der Waals surface area contributed by atoms with E-state index in [1.54, 1.807) is 11.3 Å². The van der Waals surface area contributed by atoms with Crippen LogP contribution in [0.4, 0.5) is 10.5 Å². The van der Waals surface area contributed by atoms with Crippen LogP contribution in [0.25, 0.3) is 21.5 Å². The largest absolute Gasteiger partial charge is 0.340 e. The van der Waals surface area contributed by atoms with E-state index in [2.05, 4.69) is 57.8 Å². The number of nitrogens with zero attached hydrogens (tertiary/aromatic N) is 1. The van der Waals surface area contributed by atoms with Crippen molar-refractivity contribution in [2.24, 2.45) is 0 Å². The topological polar surface area (TPSA) is 46.1 Å². The highest BCUT2D eigenvalue weighted by Gasteiger charge is 2.19. The zero-order chi connectivity index (χ0) is 20.4. The molecule has 0 bridgehead atoms. The summed E-state index contributed by atoms with van der Waals surface area (Å²) in [6.45, 7) is 5.34. The SMILES string of the molecule is CCn1c(-c2cccs2)c(CNC(=O)Nc2cccc(Cl)c2C)c2ccccc21. The Balaban J connectivity index is 1.65. The number of aryl methyl sites for hydroxylation is 1. The van der Waals surface area contributed by atoms with Crippen LogP contribution in [0.5, 0.6) is 0 Å². The molecule has 0 aliphatic carbocycles. The Kier molecular flexibility index (Phi) is 5.60. The molecule has 0 aliphatic heterocycles. The third kappa shape index (κ3) is 3.76. The van der Waals surface area contributed by atoms with Crippen molar-refractivity contribution in [3.05, 3.63) is 76.1 Å². The molecule has 6 heteroatoms. The molecule has 0 saturated carbocycles. The standard InChI is InChI=1S/C23H22ClN3OS/c1-3-27-20-11-5-4-8-16(20)17(22(27)21-12-7-13-29-21)14-25-23(28)26-19-10-6-9-18(24)15(19)2/h4-13H,3,14H2,1-2H3,(H2,25,26,28). The summed E-state index contributed by atoms with van der Waals surface area (Å²) in [5.41, 5.74) is 5.04. The molecule has 29 heavy (non-hydrogen) atoms. The van der Waals surface area contributed by atoms with Crippen molar-refractivity contribution in [2.45, 2.75) is 26.9 Å². The van der Waals surface area contributed by atoms with Crippen LogP contribution in [0.1, 0.15) is 18.1 Å². The van der Waals surface area contributed by atoms with Gasteiger partial charge in [0.2, 0.25) is 0 Å². The van der Waals surface area contributed by atoms with Crippen molar-refractivity contribution in [3.8, 4) is 10.6 Å². The van der Waals surface area contributed by atoms with Gasteiger partial charge in [0.05, 0.1) is 10.6 Å². The normalized spacial score (nSPS) is 11.0. The molecular weight excluding hydrogens is 402 g/mol. The fourth-order valence-corrected chi connectivity index (χ4v) is 4.64. The second-order valence-electron chi connectivity index (χ2n) is 6.79. The molecule has 0 saturated heterocycles. The van der Waals surface area contributed by atoms with Gasteiger partial charge in [-0.3, -0.25) is 0 Å². The van der Waals surface area contributed by atoms with Crippen LogP contribution in [0.15, 0.2) is 60.0 Å². The summed E-state index contributed by atoms with van der Waals surface area (Å²) in [5.74, 6) is 0. The van der Waals surface area contributed by atoms with Gasteiger partial charge >= 0.3 is 6.03 Å². The first-order valence-corrected chi connectivity index (χ1v) is 10.8. The maximum atomic E-state index is 12.6. The van der Waals surface area contributed by atoms with Gasteiger partial charge in [0.1, 0.15) is 0 Å². The van der Waals surface area contributed by atoms with Crippen molar-refractivity contribution in [1.82, 2.24) is 9.88 Å². The summed E-state index contributed by atoms with van der Waals surface area (Å²) in [6.07, 6.45) is 0. The number of halogens is 1. The van der Waals surface area contributed by atoms with Gasteiger partial charge in [0.25, 0.3) is 0 Å². The molecular formula is C23H22ClN3OS. The molecule has 148 valence electrons. The summed E-state index contributed by atoms with van der Waals surface area (Å²) < 4.78 is 2.32. The summed E-state index contributed by atoms with van der Waals surface area (Å²) in [7, 11) is 0. The van der Waals surface area contributed by atoms with Gasteiger partial charge in [-0.2, -0.15) is 0 Å². The smallest absolute Gasteiger partial charge is 0.319 e. The van der Waals surface area contributed by atoms with Crippen LogP contribution in [-0.4, -0.2) is 10.6 Å². The number of urea groups is 1. The van der Waals surface area contributed by atoms with Gasteiger partial charge < -0.3 is 15.2 Å². The lowest BCUT2D eigenvalue weighted by Crippen LogP contribution is -2.28. The lowest BCUT2D eigenvalue weighted by Gasteiger charge is -2.12. The number of anilines is 1. The molecule has 0 atom stereocenters. The first-order chi connectivity index (χ1) is 14.1. The monoisotopic (exact) mass is 423 g/mol. The molecule has 0 unspecified atom stereocenters. The molecule has 0 spiro atoms. The van der Waals surface area contributed by atoms with E-state index >= 15 is 0 Å². The third-order valence-corrected chi connectivity index (χ3v) is 6.37. The van der Waals surface area contributed by atoms with Gasteiger partial charge in [-0.05, 0) is 49.1 Å². The predicted molar refractivity (Wildman–Crippen MR) is 123 cm³/mol. The minimum Gasteiger partial charge on any atom is -0.340 e. The van der Waals surface area contributed by atoms with Gasteiger partial charge in [-0.15, -0.1) is 11.3 Å². The fraction of sp³-hybridized carbons (Fsp3) is 0.174. The van der Waals surface area contributed by atoms with Crippen molar-refractivity contribution in [3.63, 3.8) is 0 Å². The fourth-order valence-electron chi connectivity index (χ4n) is 3.66. The number of nitrogens with one attached hydrogen (secondary N) is 2. The number of fused-ring (bicyclic) bond motifs is 1. The second-order valence-corrected chi connectivity index (χ2v) is 8.14. The van der Waals surface area contributed by atoms with Gasteiger partial charge in [-0.25, -0.2) is 4.79 Å². The molecule has 0 aliphatic rings. The van der Waals surface area contributed by atoms with Gasteiger partial charge in [-0.1, -0.05) is 41.9 Å². The Morgan fingerprint density at radius 3 is 2.69 bits per heavy atom. The minimum atomic E-state index is -0.249. The van der Waals surface area contributed by atoms with E-state index in [0.29, 0.717) is 17.3 Å². The average Bonchev–Trinajstić information content (AvgIpc) is 3.35. The molecule has 2 amide bonds. The van der Waals surface area contributed by atoms with E-state index in [1.165, 1.54) is 16.1 Å². The molecule has 4 rings (SSSR count). The van der Waals surface area contributed by atoms with E-state index in [4.69, 9.17) is 11.6 Å². The highest BCUT2D eigenvalue weighted by Crippen LogP contribution is 2.36. The Labute approximate surface area is 179 Å². The van der Waals surface area contributed by atoms with Crippen LogP contribution >= 0.6 is 22.9 Å². The molecule has 4 aromatic rings. The first kappa shape index (κ1) is 19.6. The summed E-state index contributed by atoms with van der Waals surface area (Å²) in [4.78, 5) is 13.8. The van der Waals surface area contributed by atoms with Gasteiger partial charge in [0.15, 0.2) is 0 Å². The van der Waals surface area contributed by atoms with Crippen molar-refractivity contribution in [2.75, 3.05) is 5.32 Å². The first-order valence-electron chi connectivity index (χ1n) is 9.54. The molecule has 2 aromatic heterocycles. The maximum absolute atomic E-state index is 12.6. The van der Waals surface area contributed by atoms with E-state index in [1.807, 2.05) is 31.2 Å². The van der Waals surface area contributed by atoms with E-state index < -0.39 is 0 Å². The zero-order valence-corrected chi connectivity index (χ0v) is 17.9. The number of rotatable bonds is 5. The number of carbonyl (C=O) groups excluding carboxylic acids is 1. The van der Waals surface area contributed by atoms with Crippen molar-refractivity contribution < 1.29 is 4.79 Å². The second kappa shape index (κ2) is 8.31. The zero-order valence-electron chi connectivity index (χ0n) is 16.3. The maximum Gasteiger partial charge on any atom is 0.319 e. The molecule has 2 heterocycles. The van der Waals surface area contributed by atoms with Crippen LogP contribution < -0.4 is 10.6 Å². The number of amides is 2. The lowest BCUT2D eigenvalue weighted by molar-refractivity contribution is 0.252. The molecule has 2 N–H and O–H groups in total. The third-order valence-electron chi connectivity index (χ3n) is 5.09. The number of hydrogen-bond acceptors (Lipinski definition) is 2. The van der Waals surface area contributed by atoms with Gasteiger partial charge in [0, 0.05) is 40.3 Å². The van der Waals surface area contributed by atoms with Crippen LogP contribution in [-0.2, 0) is 13.1 Å².